The molecule has 3 nitrogen and oxygen atoms in total. The maximum Gasteiger partial charge on any atom is 0.123 e. The van der Waals surface area contributed by atoms with Crippen LogP contribution in [-0.2, 0) is 13.2 Å². The molecule has 0 atom stereocenters. The lowest BCUT2D eigenvalue weighted by molar-refractivity contribution is 0.306. The molecule has 0 saturated heterocycles. The summed E-state index contributed by atoms with van der Waals surface area (Å²) >= 11 is 11.4. The van der Waals surface area contributed by atoms with Crippen molar-refractivity contribution in [3.8, 4) is 11.5 Å². The van der Waals surface area contributed by atoms with Gasteiger partial charge in [-0.3, -0.25) is 0 Å². The first kappa shape index (κ1) is 19.2. The number of benzene rings is 3. The van der Waals surface area contributed by atoms with Gasteiger partial charge in [-0.15, -0.1) is 0 Å². The Morgan fingerprint density at radius 3 is 2.56 bits per heavy atom. The van der Waals surface area contributed by atoms with Crippen LogP contribution in [0.5, 0.6) is 11.5 Å². The molecule has 0 saturated carbocycles. The van der Waals surface area contributed by atoms with Crippen molar-refractivity contribution in [3.63, 3.8) is 0 Å². The number of methoxy groups -OCH3 is 1. The largest absolute Gasteiger partial charge is 0.496 e. The molecule has 0 fully saturated rings. The van der Waals surface area contributed by atoms with Crippen LogP contribution in [-0.4, -0.2) is 12.1 Å². The SMILES string of the molecule is COc1ccccc1CNC(=S)c1cccc(OCc2ccc(Cl)cc2)c1. The molecule has 0 aliphatic rings. The van der Waals surface area contributed by atoms with Gasteiger partial charge >= 0.3 is 0 Å². The van der Waals surface area contributed by atoms with E-state index in [1.807, 2.05) is 72.8 Å². The Bertz CT molecular complexity index is 912. The Morgan fingerprint density at radius 2 is 1.78 bits per heavy atom. The predicted octanol–water partition coefficient (Wildman–Crippen LogP) is 5.39. The Morgan fingerprint density at radius 1 is 1.00 bits per heavy atom. The van der Waals surface area contributed by atoms with Crippen LogP contribution < -0.4 is 14.8 Å². The number of para-hydroxylation sites is 1. The normalized spacial score (nSPS) is 10.3. The average molecular weight is 398 g/mol. The molecule has 0 unspecified atom stereocenters. The van der Waals surface area contributed by atoms with E-state index in [-0.39, 0.29) is 0 Å². The number of halogens is 1. The molecule has 0 radical (unpaired) electrons. The molecule has 0 aliphatic heterocycles. The molecule has 138 valence electrons. The fourth-order valence-corrected chi connectivity index (χ4v) is 2.93. The van der Waals surface area contributed by atoms with E-state index in [2.05, 4.69) is 5.32 Å². The third-order valence-electron chi connectivity index (χ3n) is 4.05. The molecule has 1 N–H and O–H groups in total. The third-order valence-corrected chi connectivity index (χ3v) is 4.68. The van der Waals surface area contributed by atoms with Crippen molar-refractivity contribution in [2.45, 2.75) is 13.2 Å². The van der Waals surface area contributed by atoms with E-state index in [9.17, 15) is 0 Å². The number of ether oxygens (including phenoxy) is 2. The van der Waals surface area contributed by atoms with E-state index in [4.69, 9.17) is 33.3 Å². The van der Waals surface area contributed by atoms with Crippen molar-refractivity contribution in [1.29, 1.82) is 0 Å². The summed E-state index contributed by atoms with van der Waals surface area (Å²) < 4.78 is 11.2. The second-order valence-corrected chi connectivity index (χ2v) is 6.78. The minimum absolute atomic E-state index is 0.474. The van der Waals surface area contributed by atoms with Crippen LogP contribution in [0.4, 0.5) is 0 Å². The van der Waals surface area contributed by atoms with Gasteiger partial charge in [0.15, 0.2) is 0 Å². The zero-order chi connectivity index (χ0) is 19.1. The summed E-state index contributed by atoms with van der Waals surface area (Å²) in [6.45, 7) is 1.07. The maximum atomic E-state index is 5.91. The highest BCUT2D eigenvalue weighted by Crippen LogP contribution is 2.19. The molecule has 3 aromatic rings. The molecule has 3 aromatic carbocycles. The fourth-order valence-electron chi connectivity index (χ4n) is 2.60. The molecule has 0 bridgehead atoms. The fraction of sp³-hybridized carbons (Fsp3) is 0.136. The first-order valence-corrected chi connectivity index (χ1v) is 9.32. The van der Waals surface area contributed by atoms with Crippen LogP contribution in [0.2, 0.25) is 5.02 Å². The molecular weight excluding hydrogens is 378 g/mol. The third kappa shape index (κ3) is 5.46. The van der Waals surface area contributed by atoms with Gasteiger partial charge in [0.2, 0.25) is 0 Å². The zero-order valence-electron chi connectivity index (χ0n) is 14.9. The standard InChI is InChI=1S/C22H20ClNO2S/c1-25-21-8-3-2-5-18(21)14-24-22(27)17-6-4-7-20(13-17)26-15-16-9-11-19(23)12-10-16/h2-13H,14-15H2,1H3,(H,24,27). The van der Waals surface area contributed by atoms with Gasteiger partial charge in [-0.25, -0.2) is 0 Å². The van der Waals surface area contributed by atoms with Crippen LogP contribution >= 0.6 is 23.8 Å². The van der Waals surface area contributed by atoms with Gasteiger partial charge in [-0.2, -0.15) is 0 Å². The summed E-state index contributed by atoms with van der Waals surface area (Å²) in [6, 6.07) is 23.2. The van der Waals surface area contributed by atoms with Gasteiger partial charge in [0, 0.05) is 22.7 Å². The van der Waals surface area contributed by atoms with Crippen molar-refractivity contribution >= 4 is 28.8 Å². The summed E-state index contributed by atoms with van der Waals surface area (Å²) in [4.78, 5) is 0.665. The first-order chi connectivity index (χ1) is 13.2. The molecule has 27 heavy (non-hydrogen) atoms. The van der Waals surface area contributed by atoms with Gasteiger partial charge in [0.1, 0.15) is 23.1 Å². The minimum Gasteiger partial charge on any atom is -0.496 e. The Balaban J connectivity index is 1.60. The second-order valence-electron chi connectivity index (χ2n) is 5.94. The quantitative estimate of drug-likeness (QED) is 0.541. The summed E-state index contributed by atoms with van der Waals surface area (Å²) in [5.41, 5.74) is 3.02. The van der Waals surface area contributed by atoms with E-state index in [0.29, 0.717) is 23.2 Å². The number of hydrogen-bond acceptors (Lipinski definition) is 3. The average Bonchev–Trinajstić information content (AvgIpc) is 2.72. The molecule has 0 spiro atoms. The van der Waals surface area contributed by atoms with Gasteiger partial charge < -0.3 is 14.8 Å². The summed E-state index contributed by atoms with van der Waals surface area (Å²) in [6.07, 6.45) is 0. The van der Waals surface area contributed by atoms with Crippen molar-refractivity contribution in [2.75, 3.05) is 7.11 Å². The minimum atomic E-state index is 0.474. The zero-order valence-corrected chi connectivity index (χ0v) is 16.5. The van der Waals surface area contributed by atoms with Crippen LogP contribution in [0.3, 0.4) is 0 Å². The molecule has 0 aromatic heterocycles. The number of nitrogens with one attached hydrogen (secondary N) is 1. The van der Waals surface area contributed by atoms with E-state index < -0.39 is 0 Å². The summed E-state index contributed by atoms with van der Waals surface area (Å²) in [5.74, 6) is 1.61. The van der Waals surface area contributed by atoms with Crippen molar-refractivity contribution < 1.29 is 9.47 Å². The number of hydrogen-bond donors (Lipinski definition) is 1. The van der Waals surface area contributed by atoms with Gasteiger partial charge in [-0.1, -0.05) is 66.3 Å². The van der Waals surface area contributed by atoms with Gasteiger partial charge in [-0.05, 0) is 35.9 Å². The molecule has 0 heterocycles. The molecule has 3 rings (SSSR count). The number of thiocarbonyl (C=S) groups is 1. The lowest BCUT2D eigenvalue weighted by Crippen LogP contribution is -2.22. The topological polar surface area (TPSA) is 30.5 Å². The highest BCUT2D eigenvalue weighted by Gasteiger charge is 2.06. The lowest BCUT2D eigenvalue weighted by Gasteiger charge is -2.12. The van der Waals surface area contributed by atoms with E-state index >= 15 is 0 Å². The van der Waals surface area contributed by atoms with Gasteiger partial charge in [0.05, 0.1) is 7.11 Å². The number of rotatable bonds is 7. The highest BCUT2D eigenvalue weighted by atomic mass is 35.5. The van der Waals surface area contributed by atoms with Crippen molar-refractivity contribution in [2.24, 2.45) is 0 Å². The highest BCUT2D eigenvalue weighted by molar-refractivity contribution is 7.80. The monoisotopic (exact) mass is 397 g/mol. The maximum absolute atomic E-state index is 5.91. The van der Waals surface area contributed by atoms with E-state index in [0.717, 1.165) is 28.2 Å². The predicted molar refractivity (Wildman–Crippen MR) is 114 cm³/mol. The Labute approximate surface area is 169 Å². The molecule has 0 aliphatic carbocycles. The van der Waals surface area contributed by atoms with E-state index in [1.165, 1.54) is 0 Å². The second kappa shape index (κ2) is 9.40. The molecule has 0 amide bonds. The first-order valence-electron chi connectivity index (χ1n) is 8.53. The lowest BCUT2D eigenvalue weighted by atomic mass is 10.1. The van der Waals surface area contributed by atoms with Crippen LogP contribution in [0.1, 0.15) is 16.7 Å². The molecular formula is C22H20ClNO2S. The molecule has 5 heteroatoms. The van der Waals surface area contributed by atoms with Crippen LogP contribution in [0.25, 0.3) is 0 Å². The summed E-state index contributed by atoms with van der Waals surface area (Å²) in [5, 5.41) is 3.99. The van der Waals surface area contributed by atoms with Gasteiger partial charge in [0.25, 0.3) is 0 Å². The summed E-state index contributed by atoms with van der Waals surface area (Å²) in [7, 11) is 1.67. The van der Waals surface area contributed by atoms with Crippen LogP contribution in [0, 0.1) is 0 Å². The van der Waals surface area contributed by atoms with E-state index in [1.54, 1.807) is 7.11 Å². The van der Waals surface area contributed by atoms with Crippen molar-refractivity contribution in [3.05, 3.63) is 94.5 Å². The van der Waals surface area contributed by atoms with Crippen LogP contribution in [0.15, 0.2) is 72.8 Å². The Kier molecular flexibility index (Phi) is 6.69. The smallest absolute Gasteiger partial charge is 0.123 e. The Hall–Kier alpha value is -2.56. The van der Waals surface area contributed by atoms with Crippen molar-refractivity contribution in [1.82, 2.24) is 5.32 Å².